The summed E-state index contributed by atoms with van der Waals surface area (Å²) in [6.07, 6.45) is 0.944. The van der Waals surface area contributed by atoms with Gasteiger partial charge in [-0.15, -0.1) is 0 Å². The van der Waals surface area contributed by atoms with E-state index in [0.717, 1.165) is 25.9 Å². The van der Waals surface area contributed by atoms with Gasteiger partial charge in [-0.1, -0.05) is 0 Å². The molecular formula is C22H31N3O5. The number of piperidine rings is 1. The molecule has 0 bridgehead atoms. The third kappa shape index (κ3) is 4.60. The number of likely N-dealkylation sites (tertiary alicyclic amines) is 1. The molecule has 1 fully saturated rings. The van der Waals surface area contributed by atoms with Crippen molar-refractivity contribution in [2.45, 2.75) is 51.9 Å². The second kappa shape index (κ2) is 9.49. The van der Waals surface area contributed by atoms with Crippen molar-refractivity contribution < 1.29 is 23.8 Å². The number of carbonyl (C=O) groups is 2. The molecule has 0 spiro atoms. The van der Waals surface area contributed by atoms with Gasteiger partial charge in [-0.25, -0.2) is 4.79 Å². The first kappa shape index (κ1) is 22.1. The number of rotatable bonds is 8. The molecule has 0 radical (unpaired) electrons. The van der Waals surface area contributed by atoms with E-state index in [0.29, 0.717) is 28.3 Å². The normalized spacial score (nSPS) is 16.7. The van der Waals surface area contributed by atoms with Gasteiger partial charge in [-0.2, -0.15) is 0 Å². The molecule has 1 atom stereocenters. The van der Waals surface area contributed by atoms with E-state index in [1.165, 1.54) is 7.11 Å². The zero-order chi connectivity index (χ0) is 21.8. The summed E-state index contributed by atoms with van der Waals surface area (Å²) in [7, 11) is 1.38. The molecule has 1 saturated heterocycles. The molecule has 1 aromatic heterocycles. The van der Waals surface area contributed by atoms with Crippen molar-refractivity contribution in [3.8, 4) is 5.75 Å². The van der Waals surface area contributed by atoms with E-state index in [-0.39, 0.29) is 18.4 Å². The Hall–Kier alpha value is -2.58. The second-order valence-corrected chi connectivity index (χ2v) is 7.81. The quantitative estimate of drug-likeness (QED) is 0.640. The Balaban J connectivity index is 1.92. The number of esters is 1. The van der Waals surface area contributed by atoms with E-state index in [1.807, 2.05) is 18.2 Å². The predicted molar refractivity (Wildman–Crippen MR) is 114 cm³/mol. The fourth-order valence-electron chi connectivity index (χ4n) is 3.98. The van der Waals surface area contributed by atoms with Crippen LogP contribution in [0.2, 0.25) is 0 Å². The van der Waals surface area contributed by atoms with E-state index < -0.39 is 18.0 Å². The van der Waals surface area contributed by atoms with Gasteiger partial charge in [0.2, 0.25) is 0 Å². The van der Waals surface area contributed by atoms with Crippen LogP contribution < -0.4 is 10.5 Å². The lowest BCUT2D eigenvalue weighted by Gasteiger charge is -2.34. The van der Waals surface area contributed by atoms with Crippen LogP contribution in [0.3, 0.4) is 0 Å². The Labute approximate surface area is 176 Å². The van der Waals surface area contributed by atoms with Gasteiger partial charge in [0.05, 0.1) is 6.61 Å². The van der Waals surface area contributed by atoms with Crippen molar-refractivity contribution in [2.24, 2.45) is 5.73 Å². The molecule has 164 valence electrons. The van der Waals surface area contributed by atoms with Crippen molar-refractivity contribution >= 4 is 22.8 Å². The van der Waals surface area contributed by atoms with Crippen LogP contribution in [-0.4, -0.2) is 60.7 Å². The zero-order valence-corrected chi connectivity index (χ0v) is 18.1. The minimum absolute atomic E-state index is 0.124. The number of aromatic nitrogens is 1. The molecule has 0 saturated carbocycles. The van der Waals surface area contributed by atoms with Gasteiger partial charge in [-0.3, -0.25) is 4.79 Å². The van der Waals surface area contributed by atoms with Crippen LogP contribution >= 0.6 is 0 Å². The number of H-pyrrole nitrogens is 1. The minimum atomic E-state index is -1.08. The molecule has 1 amide bonds. The van der Waals surface area contributed by atoms with Gasteiger partial charge < -0.3 is 29.8 Å². The number of primary amides is 1. The maximum atomic E-state index is 12.5. The highest BCUT2D eigenvalue weighted by Gasteiger charge is 2.29. The lowest BCUT2D eigenvalue weighted by Crippen LogP contribution is -2.41. The molecule has 1 aromatic carbocycles. The highest BCUT2D eigenvalue weighted by molar-refractivity contribution is 6.02. The lowest BCUT2D eigenvalue weighted by atomic mass is 10.0. The maximum Gasteiger partial charge on any atom is 0.355 e. The summed E-state index contributed by atoms with van der Waals surface area (Å²) in [5.74, 6) is -0.563. The van der Waals surface area contributed by atoms with Crippen molar-refractivity contribution in [1.29, 1.82) is 0 Å². The van der Waals surface area contributed by atoms with Crippen LogP contribution in [0.5, 0.6) is 5.75 Å². The fraction of sp³-hybridized carbons (Fsp3) is 0.545. The van der Waals surface area contributed by atoms with E-state index >= 15 is 0 Å². The molecule has 1 aliphatic heterocycles. The molecule has 2 aromatic rings. The summed E-state index contributed by atoms with van der Waals surface area (Å²) < 4.78 is 16.7. The number of benzene rings is 1. The fourth-order valence-corrected chi connectivity index (χ4v) is 3.98. The first-order chi connectivity index (χ1) is 14.3. The first-order valence-electron chi connectivity index (χ1n) is 10.4. The molecule has 0 aliphatic carbocycles. The van der Waals surface area contributed by atoms with Gasteiger partial charge in [-0.05, 0) is 51.8 Å². The van der Waals surface area contributed by atoms with Crippen molar-refractivity contribution in [2.75, 3.05) is 26.8 Å². The Kier molecular flexibility index (Phi) is 6.99. The van der Waals surface area contributed by atoms with E-state index in [9.17, 15) is 9.59 Å². The summed E-state index contributed by atoms with van der Waals surface area (Å²) in [5.41, 5.74) is 6.75. The van der Waals surface area contributed by atoms with Crippen molar-refractivity contribution in [3.63, 3.8) is 0 Å². The van der Waals surface area contributed by atoms with E-state index in [4.69, 9.17) is 19.9 Å². The van der Waals surface area contributed by atoms with Crippen molar-refractivity contribution in [1.82, 2.24) is 9.88 Å². The third-order valence-corrected chi connectivity index (χ3v) is 5.56. The summed E-state index contributed by atoms with van der Waals surface area (Å²) in [6.45, 7) is 8.34. The summed E-state index contributed by atoms with van der Waals surface area (Å²) in [6, 6.07) is 6.05. The van der Waals surface area contributed by atoms with Gasteiger partial charge in [0.25, 0.3) is 5.91 Å². The summed E-state index contributed by atoms with van der Waals surface area (Å²) in [5, 5.41) is 0.654. The minimum Gasteiger partial charge on any atom is -0.490 e. The number of hydrogen-bond donors (Lipinski definition) is 2. The number of carbonyl (C=O) groups excluding carboxylic acids is 2. The number of nitrogens with zero attached hydrogens (tertiary/aromatic N) is 1. The molecule has 8 nitrogen and oxygen atoms in total. The summed E-state index contributed by atoms with van der Waals surface area (Å²) >= 11 is 0. The van der Waals surface area contributed by atoms with Crippen LogP contribution in [0.15, 0.2) is 18.2 Å². The van der Waals surface area contributed by atoms with Crippen LogP contribution in [0.4, 0.5) is 0 Å². The van der Waals surface area contributed by atoms with E-state index in [2.05, 4.69) is 23.7 Å². The Morgan fingerprint density at radius 1 is 1.27 bits per heavy atom. The van der Waals surface area contributed by atoms with Crippen LogP contribution in [0.25, 0.3) is 10.9 Å². The lowest BCUT2D eigenvalue weighted by molar-refractivity contribution is -0.128. The topological polar surface area (TPSA) is 107 Å². The zero-order valence-electron chi connectivity index (χ0n) is 18.1. The average Bonchev–Trinajstić information content (AvgIpc) is 3.08. The number of nitrogens with one attached hydrogen (secondary N) is 1. The van der Waals surface area contributed by atoms with Crippen molar-refractivity contribution in [3.05, 3.63) is 29.5 Å². The Morgan fingerprint density at radius 2 is 1.97 bits per heavy atom. The number of fused-ring (bicyclic) bond motifs is 1. The molecule has 3 N–H and O–H groups in total. The molecule has 2 heterocycles. The number of amides is 1. The maximum absolute atomic E-state index is 12.5. The molecule has 30 heavy (non-hydrogen) atoms. The molecule has 8 heteroatoms. The number of ether oxygens (including phenoxy) is 3. The molecule has 1 unspecified atom stereocenters. The Bertz CT molecular complexity index is 900. The van der Waals surface area contributed by atoms with Gasteiger partial charge >= 0.3 is 5.97 Å². The van der Waals surface area contributed by atoms with Crippen LogP contribution in [0.1, 0.15) is 55.8 Å². The molecule has 3 rings (SSSR count). The highest BCUT2D eigenvalue weighted by Crippen LogP contribution is 2.34. The predicted octanol–water partition coefficient (Wildman–Crippen LogP) is 2.77. The number of methoxy groups -OCH3 is 1. The van der Waals surface area contributed by atoms with E-state index in [1.54, 1.807) is 6.92 Å². The third-order valence-electron chi connectivity index (χ3n) is 5.56. The number of aromatic amines is 1. The van der Waals surface area contributed by atoms with Gasteiger partial charge in [0, 0.05) is 42.7 Å². The standard InChI is InChI=1S/C22H31N3O5/c1-5-29-22(27)19-18(20(28-4)21(23)26)16-12-15(6-7-17(16)24-19)30-14-8-10-25(11-9-14)13(2)3/h6-7,12-14,20,24H,5,8-11H2,1-4H3,(H2,23,26). The highest BCUT2D eigenvalue weighted by atomic mass is 16.5. The smallest absolute Gasteiger partial charge is 0.355 e. The van der Waals surface area contributed by atoms with Crippen LogP contribution in [0, 0.1) is 0 Å². The molecular weight excluding hydrogens is 386 g/mol. The summed E-state index contributed by atoms with van der Waals surface area (Å²) in [4.78, 5) is 29.9. The van der Waals surface area contributed by atoms with Gasteiger partial charge in [0.15, 0.2) is 6.10 Å². The van der Waals surface area contributed by atoms with Crippen LogP contribution in [-0.2, 0) is 14.3 Å². The van der Waals surface area contributed by atoms with Gasteiger partial charge in [0.1, 0.15) is 17.5 Å². The monoisotopic (exact) mass is 417 g/mol. The Morgan fingerprint density at radius 3 is 2.53 bits per heavy atom. The average molecular weight is 418 g/mol. The number of hydrogen-bond acceptors (Lipinski definition) is 6. The first-order valence-corrected chi connectivity index (χ1v) is 10.4. The molecule has 1 aliphatic rings. The SMILES string of the molecule is CCOC(=O)c1[nH]c2ccc(OC3CCN(C(C)C)CC3)cc2c1C(OC)C(N)=O. The number of nitrogens with two attached hydrogens (primary N) is 1. The largest absolute Gasteiger partial charge is 0.490 e. The second-order valence-electron chi connectivity index (χ2n) is 7.81.